The summed E-state index contributed by atoms with van der Waals surface area (Å²) in [6.45, 7) is 2.01. The van der Waals surface area contributed by atoms with E-state index in [-0.39, 0.29) is 11.7 Å². The average Bonchev–Trinajstić information content (AvgIpc) is 2.69. The smallest absolute Gasteiger partial charge is 0.248 e. The molecule has 0 spiro atoms. The number of nitrogens with one attached hydrogen (secondary N) is 1. The Morgan fingerprint density at radius 3 is 2.33 bits per heavy atom. The number of halogens is 1. The fourth-order valence-corrected chi connectivity index (χ4v) is 2.75. The monoisotopic (exact) mass is 375 g/mol. The second-order valence-corrected chi connectivity index (χ2v) is 6.55. The van der Waals surface area contributed by atoms with E-state index in [1.54, 1.807) is 48.5 Å². The highest BCUT2D eigenvalue weighted by molar-refractivity contribution is 6.31. The highest BCUT2D eigenvalue weighted by Gasteiger charge is 2.15. The summed E-state index contributed by atoms with van der Waals surface area (Å²) in [5.41, 5.74) is 3.39. The summed E-state index contributed by atoms with van der Waals surface area (Å²) in [5, 5.41) is 3.20. The SMILES string of the molecule is Cc1ccc(/C=C/C(=O)Nc2ccc(Cl)cc2C(=O)c2ccccc2)cc1. The van der Waals surface area contributed by atoms with Gasteiger partial charge in [0.05, 0.1) is 5.69 Å². The van der Waals surface area contributed by atoms with Crippen molar-refractivity contribution in [1.82, 2.24) is 0 Å². The molecule has 134 valence electrons. The highest BCUT2D eigenvalue weighted by Crippen LogP contribution is 2.24. The Morgan fingerprint density at radius 1 is 0.926 bits per heavy atom. The fraction of sp³-hybridized carbons (Fsp3) is 0.0435. The van der Waals surface area contributed by atoms with Crippen LogP contribution in [0, 0.1) is 6.92 Å². The zero-order valence-corrected chi connectivity index (χ0v) is 15.5. The molecule has 0 fully saturated rings. The predicted molar refractivity (Wildman–Crippen MR) is 110 cm³/mol. The number of ketones is 1. The van der Waals surface area contributed by atoms with Gasteiger partial charge in [-0.15, -0.1) is 0 Å². The Morgan fingerprint density at radius 2 is 1.63 bits per heavy atom. The minimum atomic E-state index is -0.319. The zero-order chi connectivity index (χ0) is 19.2. The standard InChI is InChI=1S/C23H18ClNO2/c1-16-7-9-17(10-8-16)11-14-22(26)25-21-13-12-19(24)15-20(21)23(27)18-5-3-2-4-6-18/h2-15H,1H3,(H,25,26)/b14-11+. The van der Waals surface area contributed by atoms with E-state index in [1.807, 2.05) is 37.3 Å². The molecule has 0 aliphatic rings. The third kappa shape index (κ3) is 4.93. The van der Waals surface area contributed by atoms with Gasteiger partial charge in [-0.2, -0.15) is 0 Å². The van der Waals surface area contributed by atoms with Crippen LogP contribution in [-0.2, 0) is 4.79 Å². The van der Waals surface area contributed by atoms with Crippen LogP contribution < -0.4 is 5.32 Å². The number of carbonyl (C=O) groups is 2. The van der Waals surface area contributed by atoms with Crippen LogP contribution in [0.15, 0.2) is 78.9 Å². The van der Waals surface area contributed by atoms with E-state index in [2.05, 4.69) is 5.32 Å². The van der Waals surface area contributed by atoms with Crippen molar-refractivity contribution in [3.63, 3.8) is 0 Å². The van der Waals surface area contributed by atoms with Gasteiger partial charge in [0.25, 0.3) is 0 Å². The molecule has 0 aliphatic carbocycles. The molecule has 0 aromatic heterocycles. The Kier molecular flexibility index (Phi) is 5.84. The lowest BCUT2D eigenvalue weighted by molar-refractivity contribution is -0.111. The summed E-state index contributed by atoms with van der Waals surface area (Å²) in [5.74, 6) is -0.518. The zero-order valence-electron chi connectivity index (χ0n) is 14.8. The molecule has 0 saturated heterocycles. The van der Waals surface area contributed by atoms with Crippen molar-refractivity contribution in [2.24, 2.45) is 0 Å². The molecule has 0 aliphatic heterocycles. The van der Waals surface area contributed by atoms with E-state index in [0.29, 0.717) is 21.8 Å². The molecule has 3 aromatic carbocycles. The lowest BCUT2D eigenvalue weighted by Crippen LogP contribution is -2.12. The fourth-order valence-electron chi connectivity index (χ4n) is 2.58. The van der Waals surface area contributed by atoms with Crippen molar-refractivity contribution >= 4 is 35.1 Å². The number of benzene rings is 3. The number of carbonyl (C=O) groups excluding carboxylic acids is 2. The van der Waals surface area contributed by atoms with E-state index >= 15 is 0 Å². The van der Waals surface area contributed by atoms with Gasteiger partial charge in [-0.25, -0.2) is 0 Å². The second-order valence-electron chi connectivity index (χ2n) is 6.12. The molecule has 4 heteroatoms. The van der Waals surface area contributed by atoms with Gasteiger partial charge in [0, 0.05) is 22.2 Å². The number of aryl methyl sites for hydroxylation is 1. The molecule has 0 saturated carbocycles. The molecule has 3 nitrogen and oxygen atoms in total. The molecule has 0 atom stereocenters. The van der Waals surface area contributed by atoms with Crippen molar-refractivity contribution in [2.45, 2.75) is 6.92 Å². The first-order valence-electron chi connectivity index (χ1n) is 8.48. The van der Waals surface area contributed by atoms with Crippen LogP contribution in [0.3, 0.4) is 0 Å². The maximum atomic E-state index is 12.8. The van der Waals surface area contributed by atoms with Gasteiger partial charge in [-0.05, 0) is 36.8 Å². The summed E-state index contributed by atoms with van der Waals surface area (Å²) in [7, 11) is 0. The molecular weight excluding hydrogens is 358 g/mol. The number of hydrogen-bond donors (Lipinski definition) is 1. The van der Waals surface area contributed by atoms with Crippen LogP contribution in [0.25, 0.3) is 6.08 Å². The summed E-state index contributed by atoms with van der Waals surface area (Å²) in [6.07, 6.45) is 3.17. The number of amides is 1. The Balaban J connectivity index is 1.81. The number of rotatable bonds is 5. The second kappa shape index (κ2) is 8.47. The Bertz CT molecular complexity index is 993. The molecule has 3 aromatic rings. The van der Waals surface area contributed by atoms with E-state index in [4.69, 9.17) is 11.6 Å². The van der Waals surface area contributed by atoms with Crippen LogP contribution in [0.4, 0.5) is 5.69 Å². The molecule has 0 heterocycles. The quantitative estimate of drug-likeness (QED) is 0.470. The number of anilines is 1. The van der Waals surface area contributed by atoms with Crippen LogP contribution >= 0.6 is 11.6 Å². The van der Waals surface area contributed by atoms with Crippen LogP contribution in [0.5, 0.6) is 0 Å². The maximum absolute atomic E-state index is 12.8. The van der Waals surface area contributed by atoms with E-state index < -0.39 is 0 Å². The predicted octanol–water partition coefficient (Wildman–Crippen LogP) is 5.53. The van der Waals surface area contributed by atoms with Gasteiger partial charge in [0.2, 0.25) is 5.91 Å². The van der Waals surface area contributed by atoms with Crippen molar-refractivity contribution in [3.8, 4) is 0 Å². The summed E-state index contributed by atoms with van der Waals surface area (Å²) >= 11 is 6.06. The summed E-state index contributed by atoms with van der Waals surface area (Å²) < 4.78 is 0. The molecular formula is C23H18ClNO2. The normalized spacial score (nSPS) is 10.7. The van der Waals surface area contributed by atoms with Crippen LogP contribution in [0.2, 0.25) is 5.02 Å². The topological polar surface area (TPSA) is 46.2 Å². The van der Waals surface area contributed by atoms with Crippen LogP contribution in [0.1, 0.15) is 27.0 Å². The van der Waals surface area contributed by atoms with E-state index in [1.165, 1.54) is 6.08 Å². The molecule has 3 rings (SSSR count). The third-order valence-electron chi connectivity index (χ3n) is 4.02. The van der Waals surface area contributed by atoms with Crippen molar-refractivity contribution in [3.05, 3.63) is 106 Å². The third-order valence-corrected chi connectivity index (χ3v) is 4.26. The van der Waals surface area contributed by atoms with Crippen molar-refractivity contribution in [2.75, 3.05) is 5.32 Å². The van der Waals surface area contributed by atoms with Gasteiger partial charge >= 0.3 is 0 Å². The first-order valence-corrected chi connectivity index (χ1v) is 8.86. The van der Waals surface area contributed by atoms with E-state index in [0.717, 1.165) is 11.1 Å². The van der Waals surface area contributed by atoms with Gasteiger partial charge < -0.3 is 5.32 Å². The summed E-state index contributed by atoms with van der Waals surface area (Å²) in [6, 6.07) is 21.6. The maximum Gasteiger partial charge on any atom is 0.248 e. The molecule has 0 bridgehead atoms. The lowest BCUT2D eigenvalue weighted by Gasteiger charge is -2.10. The molecule has 1 N–H and O–H groups in total. The highest BCUT2D eigenvalue weighted by atomic mass is 35.5. The molecule has 27 heavy (non-hydrogen) atoms. The molecule has 1 amide bonds. The largest absolute Gasteiger partial charge is 0.322 e. The van der Waals surface area contributed by atoms with Crippen LogP contribution in [-0.4, -0.2) is 11.7 Å². The van der Waals surface area contributed by atoms with Gasteiger partial charge in [-0.1, -0.05) is 71.8 Å². The first kappa shape index (κ1) is 18.6. The molecule has 0 unspecified atom stereocenters. The van der Waals surface area contributed by atoms with Gasteiger partial charge in [0.1, 0.15) is 0 Å². The minimum absolute atomic E-state index is 0.198. The Labute approximate surface area is 163 Å². The lowest BCUT2D eigenvalue weighted by atomic mass is 10.0. The first-order chi connectivity index (χ1) is 13.0. The van der Waals surface area contributed by atoms with E-state index in [9.17, 15) is 9.59 Å². The van der Waals surface area contributed by atoms with Crippen molar-refractivity contribution in [1.29, 1.82) is 0 Å². The summed E-state index contributed by atoms with van der Waals surface area (Å²) in [4.78, 5) is 25.1. The Hall–Kier alpha value is -3.17. The van der Waals surface area contributed by atoms with Gasteiger partial charge in [-0.3, -0.25) is 9.59 Å². The average molecular weight is 376 g/mol. The molecule has 0 radical (unpaired) electrons. The minimum Gasteiger partial charge on any atom is -0.322 e. The van der Waals surface area contributed by atoms with Gasteiger partial charge in [0.15, 0.2) is 5.78 Å². The van der Waals surface area contributed by atoms with Crippen molar-refractivity contribution < 1.29 is 9.59 Å². The number of hydrogen-bond acceptors (Lipinski definition) is 2.